The Kier molecular flexibility index (Phi) is 4.91. The molecule has 5 rings (SSSR count). The molecule has 158 valence electrons. The van der Waals surface area contributed by atoms with Crippen molar-refractivity contribution in [1.29, 1.82) is 0 Å². The third kappa shape index (κ3) is 3.33. The van der Waals surface area contributed by atoms with Crippen LogP contribution in [-0.2, 0) is 16.1 Å². The van der Waals surface area contributed by atoms with Crippen LogP contribution in [0.2, 0.25) is 0 Å². The van der Waals surface area contributed by atoms with Crippen molar-refractivity contribution in [2.45, 2.75) is 63.2 Å². The number of hydrogen-bond acceptors (Lipinski definition) is 6. The van der Waals surface area contributed by atoms with E-state index in [4.69, 9.17) is 0 Å². The van der Waals surface area contributed by atoms with Gasteiger partial charge in [0.2, 0.25) is 11.8 Å². The van der Waals surface area contributed by atoms with Crippen LogP contribution in [0.5, 0.6) is 0 Å². The summed E-state index contributed by atoms with van der Waals surface area (Å²) in [5.41, 5.74) is 1.60. The largest absolute Gasteiger partial charge is 0.312 e. The maximum Gasteiger partial charge on any atom is 0.262 e. The number of fused-ring (bicyclic) bond motifs is 3. The molecule has 0 radical (unpaired) electrons. The van der Waals surface area contributed by atoms with Crippen LogP contribution >= 0.6 is 0 Å². The minimum absolute atomic E-state index is 0.121. The summed E-state index contributed by atoms with van der Waals surface area (Å²) in [7, 11) is 0. The summed E-state index contributed by atoms with van der Waals surface area (Å²) in [6, 6.07) is 5.28. The van der Waals surface area contributed by atoms with Gasteiger partial charge in [-0.05, 0) is 62.3 Å². The fraction of sp³-hybridized carbons (Fsp3) is 0.545. The number of benzene rings is 1. The molecule has 8 heteroatoms. The second kappa shape index (κ2) is 7.59. The normalized spacial score (nSPS) is 31.0. The van der Waals surface area contributed by atoms with Gasteiger partial charge in [-0.2, -0.15) is 0 Å². The fourth-order valence-corrected chi connectivity index (χ4v) is 5.34. The smallest absolute Gasteiger partial charge is 0.262 e. The van der Waals surface area contributed by atoms with Crippen LogP contribution in [-0.4, -0.2) is 53.2 Å². The van der Waals surface area contributed by atoms with E-state index >= 15 is 0 Å². The zero-order chi connectivity index (χ0) is 20.8. The molecule has 30 heavy (non-hydrogen) atoms. The number of amides is 4. The van der Waals surface area contributed by atoms with Gasteiger partial charge in [-0.15, -0.1) is 0 Å². The van der Waals surface area contributed by atoms with Crippen molar-refractivity contribution < 1.29 is 19.2 Å². The summed E-state index contributed by atoms with van der Waals surface area (Å²) in [5.74, 6) is -1.04. The Hall–Kier alpha value is -2.58. The number of hydrogen-bond donors (Lipinski definition) is 3. The Morgan fingerprint density at radius 2 is 1.83 bits per heavy atom. The quantitative estimate of drug-likeness (QED) is 0.631. The molecule has 4 aliphatic rings. The Balaban J connectivity index is 1.29. The van der Waals surface area contributed by atoms with Crippen LogP contribution in [0.4, 0.5) is 0 Å². The molecule has 3 fully saturated rings. The zero-order valence-electron chi connectivity index (χ0n) is 16.8. The Bertz CT molecular complexity index is 930. The van der Waals surface area contributed by atoms with Gasteiger partial charge in [0.05, 0.1) is 11.1 Å². The van der Waals surface area contributed by atoms with Gasteiger partial charge >= 0.3 is 0 Å². The monoisotopic (exact) mass is 410 g/mol. The number of nitrogens with one attached hydrogen (secondary N) is 3. The fourth-order valence-electron chi connectivity index (χ4n) is 5.34. The minimum Gasteiger partial charge on any atom is -0.312 e. The molecule has 4 amide bonds. The molecular formula is C22H26N4O4. The second-order valence-corrected chi connectivity index (χ2v) is 8.84. The predicted octanol–water partition coefficient (Wildman–Crippen LogP) is 0.708. The number of imide groups is 2. The van der Waals surface area contributed by atoms with Crippen LogP contribution in [0.15, 0.2) is 18.2 Å². The summed E-state index contributed by atoms with van der Waals surface area (Å²) in [4.78, 5) is 50.3. The van der Waals surface area contributed by atoms with Gasteiger partial charge in [-0.25, -0.2) is 0 Å². The van der Waals surface area contributed by atoms with Crippen molar-refractivity contribution >= 4 is 23.6 Å². The maximum absolute atomic E-state index is 12.9. The molecule has 3 heterocycles. The van der Waals surface area contributed by atoms with E-state index in [1.807, 2.05) is 6.07 Å². The van der Waals surface area contributed by atoms with Gasteiger partial charge in [0.1, 0.15) is 6.04 Å². The summed E-state index contributed by atoms with van der Waals surface area (Å²) in [6.07, 6.45) is 5.18. The van der Waals surface area contributed by atoms with Gasteiger partial charge in [-0.3, -0.25) is 29.4 Å². The molecule has 2 bridgehead atoms. The second-order valence-electron chi connectivity index (χ2n) is 8.84. The van der Waals surface area contributed by atoms with Gasteiger partial charge in [0.25, 0.3) is 11.8 Å². The molecular weight excluding hydrogens is 384 g/mol. The molecule has 1 saturated carbocycles. The van der Waals surface area contributed by atoms with Crippen molar-refractivity contribution in [3.8, 4) is 0 Å². The highest BCUT2D eigenvalue weighted by Crippen LogP contribution is 2.31. The van der Waals surface area contributed by atoms with Crippen molar-refractivity contribution in [3.05, 3.63) is 34.9 Å². The molecule has 1 aliphatic carbocycles. The Morgan fingerprint density at radius 3 is 2.67 bits per heavy atom. The van der Waals surface area contributed by atoms with Crippen molar-refractivity contribution in [1.82, 2.24) is 20.9 Å². The third-order valence-electron chi connectivity index (χ3n) is 6.99. The van der Waals surface area contributed by atoms with Crippen LogP contribution in [0.25, 0.3) is 0 Å². The van der Waals surface area contributed by atoms with E-state index < -0.39 is 23.8 Å². The lowest BCUT2D eigenvalue weighted by atomic mass is 9.78. The van der Waals surface area contributed by atoms with E-state index in [2.05, 4.69) is 16.0 Å². The number of carbonyl (C=O) groups excluding carboxylic acids is 4. The molecule has 3 N–H and O–H groups in total. The number of piperidine rings is 2. The first kappa shape index (κ1) is 19.4. The average molecular weight is 410 g/mol. The van der Waals surface area contributed by atoms with Gasteiger partial charge < -0.3 is 10.6 Å². The van der Waals surface area contributed by atoms with E-state index in [0.29, 0.717) is 29.8 Å². The predicted molar refractivity (Wildman–Crippen MR) is 107 cm³/mol. The molecule has 1 aromatic carbocycles. The van der Waals surface area contributed by atoms with Crippen molar-refractivity contribution in [2.75, 3.05) is 6.54 Å². The van der Waals surface area contributed by atoms with E-state index in [1.165, 1.54) is 19.3 Å². The molecule has 3 aliphatic heterocycles. The van der Waals surface area contributed by atoms with Crippen LogP contribution in [0.1, 0.15) is 64.8 Å². The molecule has 8 nitrogen and oxygen atoms in total. The molecule has 0 aromatic heterocycles. The summed E-state index contributed by atoms with van der Waals surface area (Å²) >= 11 is 0. The molecule has 4 atom stereocenters. The Morgan fingerprint density at radius 1 is 1.00 bits per heavy atom. The van der Waals surface area contributed by atoms with E-state index in [1.54, 1.807) is 12.1 Å². The SMILES string of the molecule is O=C1CCC(N2C(=O)c3ccc(CNC4CCC5CCNC4C5)cc3C2=O)C(=O)N1. The van der Waals surface area contributed by atoms with E-state index in [-0.39, 0.29) is 18.7 Å². The standard InChI is InChI=1S/C22H26N4O4/c27-19-6-5-18(20(28)25-19)26-21(29)14-3-1-13(9-15(14)22(26)30)11-24-16-4-2-12-7-8-23-17(16)10-12/h1,3,9,12,16-18,23-24H,2,4-8,10-11H2,(H,25,27,28). The minimum atomic E-state index is -0.927. The Labute approximate surface area is 174 Å². The van der Waals surface area contributed by atoms with Crippen LogP contribution < -0.4 is 16.0 Å². The lowest BCUT2D eigenvalue weighted by molar-refractivity contribution is -0.136. The van der Waals surface area contributed by atoms with Gasteiger partial charge in [-0.1, -0.05) is 6.07 Å². The lowest BCUT2D eigenvalue weighted by Crippen LogP contribution is -2.54. The third-order valence-corrected chi connectivity index (χ3v) is 6.99. The van der Waals surface area contributed by atoms with Gasteiger partial charge in [0.15, 0.2) is 0 Å². The molecule has 0 spiro atoms. The molecule has 4 unspecified atom stereocenters. The lowest BCUT2D eigenvalue weighted by Gasteiger charge is -2.41. The number of carbonyl (C=O) groups is 4. The maximum atomic E-state index is 12.9. The summed E-state index contributed by atoms with van der Waals surface area (Å²) < 4.78 is 0. The molecule has 2 saturated heterocycles. The van der Waals surface area contributed by atoms with Crippen LogP contribution in [0, 0.1) is 5.92 Å². The zero-order valence-corrected chi connectivity index (χ0v) is 16.8. The van der Waals surface area contributed by atoms with E-state index in [9.17, 15) is 19.2 Å². The molecule has 1 aromatic rings. The highest BCUT2D eigenvalue weighted by atomic mass is 16.2. The van der Waals surface area contributed by atoms with Crippen LogP contribution in [0.3, 0.4) is 0 Å². The summed E-state index contributed by atoms with van der Waals surface area (Å²) in [5, 5.41) is 9.45. The topological polar surface area (TPSA) is 108 Å². The van der Waals surface area contributed by atoms with Crippen molar-refractivity contribution in [2.24, 2.45) is 5.92 Å². The first-order chi connectivity index (χ1) is 14.5. The number of rotatable bonds is 4. The van der Waals surface area contributed by atoms with Gasteiger partial charge in [0, 0.05) is 25.0 Å². The highest BCUT2D eigenvalue weighted by molar-refractivity contribution is 6.23. The summed E-state index contributed by atoms with van der Waals surface area (Å²) in [6.45, 7) is 1.71. The van der Waals surface area contributed by atoms with Crippen molar-refractivity contribution in [3.63, 3.8) is 0 Å². The first-order valence-corrected chi connectivity index (χ1v) is 10.8. The van der Waals surface area contributed by atoms with E-state index in [0.717, 1.165) is 29.3 Å². The number of nitrogens with zero attached hydrogens (tertiary/aromatic N) is 1. The first-order valence-electron chi connectivity index (χ1n) is 10.8. The average Bonchev–Trinajstić information content (AvgIpc) is 2.98. The highest BCUT2D eigenvalue weighted by Gasteiger charge is 2.44.